The lowest BCUT2D eigenvalue weighted by Crippen LogP contribution is -2.44. The van der Waals surface area contributed by atoms with Crippen LogP contribution >= 0.6 is 0 Å². The SMILES string of the molecule is COc1ccc([C@@H](CC(C)(C)NC(=O)c2ccccn2)c2ccc(C(F)(F)F)cc2)cc1. The second kappa shape index (κ2) is 9.42. The van der Waals surface area contributed by atoms with Gasteiger partial charge in [-0.2, -0.15) is 13.2 Å². The Bertz CT molecular complexity index is 1030. The second-order valence-electron chi connectivity index (χ2n) is 8.20. The molecule has 3 rings (SSSR count). The van der Waals surface area contributed by atoms with E-state index >= 15 is 0 Å². The van der Waals surface area contributed by atoms with Crippen molar-refractivity contribution in [2.45, 2.75) is 37.9 Å². The highest BCUT2D eigenvalue weighted by atomic mass is 19.4. The van der Waals surface area contributed by atoms with Crippen LogP contribution in [0.15, 0.2) is 72.9 Å². The molecule has 0 bridgehead atoms. The third-order valence-corrected chi connectivity index (χ3v) is 5.22. The number of carbonyl (C=O) groups is 1. The highest BCUT2D eigenvalue weighted by Crippen LogP contribution is 2.36. The van der Waals surface area contributed by atoms with E-state index in [1.165, 1.54) is 12.1 Å². The average Bonchev–Trinajstić information content (AvgIpc) is 2.77. The Morgan fingerprint density at radius 3 is 2.06 bits per heavy atom. The van der Waals surface area contributed by atoms with Crippen LogP contribution in [0.5, 0.6) is 5.75 Å². The minimum Gasteiger partial charge on any atom is -0.497 e. The first-order valence-corrected chi connectivity index (χ1v) is 10.1. The normalized spacial score (nSPS) is 12.8. The van der Waals surface area contributed by atoms with Gasteiger partial charge in [-0.05, 0) is 67.8 Å². The van der Waals surface area contributed by atoms with E-state index in [-0.39, 0.29) is 11.8 Å². The average molecular weight is 442 g/mol. The van der Waals surface area contributed by atoms with Crippen molar-refractivity contribution in [3.63, 3.8) is 0 Å². The number of rotatable bonds is 7. The van der Waals surface area contributed by atoms with Crippen LogP contribution in [0.3, 0.4) is 0 Å². The molecule has 32 heavy (non-hydrogen) atoms. The van der Waals surface area contributed by atoms with Crippen molar-refractivity contribution < 1.29 is 22.7 Å². The lowest BCUT2D eigenvalue weighted by Gasteiger charge is -2.31. The summed E-state index contributed by atoms with van der Waals surface area (Å²) in [5, 5.41) is 2.99. The molecule has 1 aromatic heterocycles. The monoisotopic (exact) mass is 442 g/mol. The third kappa shape index (κ3) is 5.87. The molecule has 2 aromatic carbocycles. The predicted octanol–water partition coefficient (Wildman–Crippen LogP) is 5.84. The van der Waals surface area contributed by atoms with E-state index in [4.69, 9.17) is 4.74 Å². The van der Waals surface area contributed by atoms with E-state index < -0.39 is 17.3 Å². The number of benzene rings is 2. The van der Waals surface area contributed by atoms with E-state index in [2.05, 4.69) is 10.3 Å². The molecule has 0 aliphatic rings. The largest absolute Gasteiger partial charge is 0.497 e. The fourth-order valence-electron chi connectivity index (χ4n) is 3.60. The van der Waals surface area contributed by atoms with Crippen molar-refractivity contribution in [2.75, 3.05) is 7.11 Å². The van der Waals surface area contributed by atoms with E-state index in [0.717, 1.165) is 23.3 Å². The first kappa shape index (κ1) is 23.3. The summed E-state index contributed by atoms with van der Waals surface area (Å²) in [4.78, 5) is 16.7. The fraction of sp³-hybridized carbons (Fsp3) is 0.280. The number of pyridine rings is 1. The Hall–Kier alpha value is -3.35. The highest BCUT2D eigenvalue weighted by molar-refractivity contribution is 5.92. The molecule has 7 heteroatoms. The van der Waals surface area contributed by atoms with Gasteiger partial charge in [0.25, 0.3) is 5.91 Å². The lowest BCUT2D eigenvalue weighted by molar-refractivity contribution is -0.137. The number of hydrogen-bond acceptors (Lipinski definition) is 3. The zero-order valence-corrected chi connectivity index (χ0v) is 18.1. The number of carbonyl (C=O) groups excluding carboxylic acids is 1. The van der Waals surface area contributed by atoms with E-state index in [1.807, 2.05) is 38.1 Å². The number of halogens is 3. The Morgan fingerprint density at radius 1 is 0.969 bits per heavy atom. The van der Waals surface area contributed by atoms with Crippen molar-refractivity contribution in [3.8, 4) is 5.75 Å². The van der Waals surface area contributed by atoms with Crippen LogP contribution < -0.4 is 10.1 Å². The van der Waals surface area contributed by atoms with Gasteiger partial charge < -0.3 is 10.1 Å². The van der Waals surface area contributed by atoms with E-state index in [9.17, 15) is 18.0 Å². The Kier molecular flexibility index (Phi) is 6.87. The molecule has 0 saturated heterocycles. The third-order valence-electron chi connectivity index (χ3n) is 5.22. The molecule has 0 saturated carbocycles. The number of nitrogens with one attached hydrogen (secondary N) is 1. The molecule has 0 unspecified atom stereocenters. The van der Waals surface area contributed by atoms with Gasteiger partial charge in [0.1, 0.15) is 11.4 Å². The van der Waals surface area contributed by atoms with Crippen molar-refractivity contribution >= 4 is 5.91 Å². The summed E-state index contributed by atoms with van der Waals surface area (Å²) in [6, 6.07) is 17.7. The zero-order valence-electron chi connectivity index (χ0n) is 18.1. The standard InChI is InChI=1S/C25H25F3N2O2/c1-24(2,30-23(31)22-6-4-5-15-29-22)16-21(18-9-13-20(32-3)14-10-18)17-7-11-19(12-8-17)25(26,27)28/h4-15,21H,16H2,1-3H3,(H,30,31)/t21-/m0/s1. The van der Waals surface area contributed by atoms with Gasteiger partial charge >= 0.3 is 6.18 Å². The Morgan fingerprint density at radius 2 is 1.56 bits per heavy atom. The van der Waals surface area contributed by atoms with Crippen LogP contribution in [0.2, 0.25) is 0 Å². The van der Waals surface area contributed by atoms with Gasteiger partial charge in [-0.3, -0.25) is 9.78 Å². The number of aromatic nitrogens is 1. The molecule has 168 valence electrons. The maximum absolute atomic E-state index is 13.0. The summed E-state index contributed by atoms with van der Waals surface area (Å²) >= 11 is 0. The second-order valence-corrected chi connectivity index (χ2v) is 8.20. The zero-order chi connectivity index (χ0) is 23.4. The maximum atomic E-state index is 13.0. The van der Waals surface area contributed by atoms with Gasteiger partial charge in [0.2, 0.25) is 0 Å². The minimum absolute atomic E-state index is 0.248. The fourth-order valence-corrected chi connectivity index (χ4v) is 3.60. The summed E-state index contributed by atoms with van der Waals surface area (Å²) in [6.07, 6.45) is -2.39. The van der Waals surface area contributed by atoms with Crippen molar-refractivity contribution in [2.24, 2.45) is 0 Å². The summed E-state index contributed by atoms with van der Waals surface area (Å²) in [6.45, 7) is 3.77. The number of ether oxygens (including phenoxy) is 1. The van der Waals surface area contributed by atoms with Crippen LogP contribution in [-0.2, 0) is 6.18 Å². The van der Waals surface area contributed by atoms with Crippen molar-refractivity contribution in [1.82, 2.24) is 10.3 Å². The quantitative estimate of drug-likeness (QED) is 0.500. The van der Waals surface area contributed by atoms with E-state index in [0.29, 0.717) is 17.9 Å². The first-order valence-electron chi connectivity index (χ1n) is 10.1. The number of hydrogen-bond donors (Lipinski definition) is 1. The minimum atomic E-state index is -4.40. The van der Waals surface area contributed by atoms with Crippen LogP contribution in [0, 0.1) is 0 Å². The molecule has 1 N–H and O–H groups in total. The molecule has 0 fully saturated rings. The van der Waals surface area contributed by atoms with Gasteiger partial charge in [0, 0.05) is 17.7 Å². The Labute approximate surface area is 185 Å². The van der Waals surface area contributed by atoms with Crippen LogP contribution in [0.25, 0.3) is 0 Å². The molecule has 4 nitrogen and oxygen atoms in total. The predicted molar refractivity (Wildman–Crippen MR) is 117 cm³/mol. The van der Waals surface area contributed by atoms with Gasteiger partial charge in [0.15, 0.2) is 0 Å². The van der Waals surface area contributed by atoms with Crippen LogP contribution in [-0.4, -0.2) is 23.5 Å². The molecule has 1 heterocycles. The smallest absolute Gasteiger partial charge is 0.416 e. The summed E-state index contributed by atoms with van der Waals surface area (Å²) in [5.74, 6) is 0.126. The molecule has 0 radical (unpaired) electrons. The molecule has 1 amide bonds. The molecule has 3 aromatic rings. The van der Waals surface area contributed by atoms with Gasteiger partial charge in [-0.1, -0.05) is 30.3 Å². The number of nitrogens with zero attached hydrogens (tertiary/aromatic N) is 1. The summed E-state index contributed by atoms with van der Waals surface area (Å²) < 4.78 is 44.3. The molecule has 0 aliphatic heterocycles. The number of alkyl halides is 3. The molecule has 0 spiro atoms. The molecular formula is C25H25F3N2O2. The van der Waals surface area contributed by atoms with Crippen LogP contribution in [0.1, 0.15) is 53.4 Å². The van der Waals surface area contributed by atoms with Gasteiger partial charge in [0.05, 0.1) is 12.7 Å². The van der Waals surface area contributed by atoms with E-state index in [1.54, 1.807) is 31.5 Å². The number of methoxy groups -OCH3 is 1. The molecule has 0 aliphatic carbocycles. The molecule has 1 atom stereocenters. The first-order chi connectivity index (χ1) is 15.1. The van der Waals surface area contributed by atoms with Crippen LogP contribution in [0.4, 0.5) is 13.2 Å². The maximum Gasteiger partial charge on any atom is 0.416 e. The topological polar surface area (TPSA) is 51.2 Å². The molecular weight excluding hydrogens is 417 g/mol. The van der Waals surface area contributed by atoms with Gasteiger partial charge in [-0.15, -0.1) is 0 Å². The summed E-state index contributed by atoms with van der Waals surface area (Å²) in [7, 11) is 1.57. The van der Waals surface area contributed by atoms with Crippen molar-refractivity contribution in [3.05, 3.63) is 95.3 Å². The highest BCUT2D eigenvalue weighted by Gasteiger charge is 2.32. The Balaban J connectivity index is 1.90. The summed E-state index contributed by atoms with van der Waals surface area (Å²) in [5.41, 5.74) is 0.574. The van der Waals surface area contributed by atoms with Crippen molar-refractivity contribution in [1.29, 1.82) is 0 Å². The lowest BCUT2D eigenvalue weighted by atomic mass is 9.81. The van der Waals surface area contributed by atoms with Gasteiger partial charge in [-0.25, -0.2) is 0 Å². The number of amides is 1.